The third kappa shape index (κ3) is 33.9. The lowest BCUT2D eigenvalue weighted by atomic mass is 9.78. The van der Waals surface area contributed by atoms with Crippen LogP contribution < -0.4 is 0 Å². The van der Waals surface area contributed by atoms with Gasteiger partial charge in [-0.1, -0.05) is 175 Å². The maximum Gasteiger partial charge on any atom is 0.0491 e. The average molecular weight is 529 g/mol. The monoisotopic (exact) mass is 529 g/mol. The Balaban J connectivity index is -0.000000201. The van der Waals surface area contributed by atoms with Gasteiger partial charge in [0.1, 0.15) is 0 Å². The minimum atomic E-state index is 0.721. The molecule has 0 rings (SSSR count). The summed E-state index contributed by atoms with van der Waals surface area (Å²) < 4.78 is 5.54. The Labute approximate surface area is 240 Å². The van der Waals surface area contributed by atoms with E-state index in [9.17, 15) is 0 Å². The van der Waals surface area contributed by atoms with E-state index in [-0.39, 0.29) is 0 Å². The Bertz CT molecular complexity index is 376. The third-order valence-electron chi connectivity index (χ3n) is 9.01. The first-order valence-electron chi connectivity index (χ1n) is 16.9. The van der Waals surface area contributed by atoms with Gasteiger partial charge in [0, 0.05) is 13.2 Å². The normalized spacial score (nSPS) is 15.7. The first kappa shape index (κ1) is 44.0. The van der Waals surface area contributed by atoms with Crippen LogP contribution in [-0.2, 0) is 4.74 Å². The summed E-state index contributed by atoms with van der Waals surface area (Å²) in [7, 11) is 0. The summed E-state index contributed by atoms with van der Waals surface area (Å²) in [5, 5.41) is 0. The van der Waals surface area contributed by atoms with Crippen LogP contribution in [-0.4, -0.2) is 13.2 Å². The maximum atomic E-state index is 5.54. The Kier molecular flexibility index (Phi) is 38.3. The number of rotatable bonds is 17. The molecule has 6 unspecified atom stereocenters. The molecule has 0 aromatic heterocycles. The Morgan fingerprint density at radius 2 is 0.838 bits per heavy atom. The summed E-state index contributed by atoms with van der Waals surface area (Å²) in [4.78, 5) is 0. The molecule has 0 saturated heterocycles. The molecular formula is C36H80O. The van der Waals surface area contributed by atoms with Crippen molar-refractivity contribution in [1.82, 2.24) is 0 Å². The lowest BCUT2D eigenvalue weighted by Crippen LogP contribution is -2.20. The van der Waals surface area contributed by atoms with E-state index in [1.807, 2.05) is 0 Å². The van der Waals surface area contributed by atoms with Gasteiger partial charge in [-0.15, -0.1) is 0 Å². The summed E-state index contributed by atoms with van der Waals surface area (Å²) in [6, 6.07) is 0. The molecule has 0 radical (unpaired) electrons. The second-order valence-corrected chi connectivity index (χ2v) is 12.8. The largest absolute Gasteiger partial charge is 0.381 e. The summed E-state index contributed by atoms with van der Waals surface area (Å²) in [6.45, 7) is 38.4. The molecule has 0 aromatic carbocycles. The van der Waals surface area contributed by atoms with Crippen molar-refractivity contribution in [3.05, 3.63) is 0 Å². The molecule has 0 fully saturated rings. The molecule has 6 atom stereocenters. The van der Waals surface area contributed by atoms with E-state index in [2.05, 4.69) is 111 Å². The SMILES string of the molecule is CCC(C)C(C)C(C)C(C)C.CCC(C)CC.CCC(C)COCC(C)CC.CCCCCC(C)CC. The molecule has 0 spiro atoms. The van der Waals surface area contributed by atoms with Crippen LogP contribution in [0.2, 0.25) is 0 Å². The van der Waals surface area contributed by atoms with E-state index in [1.165, 1.54) is 64.2 Å². The quantitative estimate of drug-likeness (QED) is 0.170. The van der Waals surface area contributed by atoms with Crippen LogP contribution in [0.1, 0.15) is 175 Å². The van der Waals surface area contributed by atoms with Crippen LogP contribution in [0.5, 0.6) is 0 Å². The van der Waals surface area contributed by atoms with Gasteiger partial charge in [0.2, 0.25) is 0 Å². The molecule has 0 amide bonds. The molecule has 0 bridgehead atoms. The Morgan fingerprint density at radius 1 is 0.432 bits per heavy atom. The fourth-order valence-corrected chi connectivity index (χ4v) is 3.44. The smallest absolute Gasteiger partial charge is 0.0491 e. The van der Waals surface area contributed by atoms with Gasteiger partial charge >= 0.3 is 0 Å². The lowest BCUT2D eigenvalue weighted by Gasteiger charge is -2.28. The molecule has 1 nitrogen and oxygen atoms in total. The van der Waals surface area contributed by atoms with E-state index < -0.39 is 0 Å². The van der Waals surface area contributed by atoms with Crippen LogP contribution in [0.15, 0.2) is 0 Å². The highest BCUT2D eigenvalue weighted by molar-refractivity contribution is 4.69. The summed E-state index contributed by atoms with van der Waals surface area (Å²) in [5.74, 6) is 6.79. The summed E-state index contributed by atoms with van der Waals surface area (Å²) >= 11 is 0. The second-order valence-electron chi connectivity index (χ2n) is 12.8. The van der Waals surface area contributed by atoms with Gasteiger partial charge in [0.25, 0.3) is 0 Å². The van der Waals surface area contributed by atoms with Crippen molar-refractivity contribution < 1.29 is 4.74 Å². The average Bonchev–Trinajstić information content (AvgIpc) is 2.91. The van der Waals surface area contributed by atoms with Gasteiger partial charge in [-0.3, -0.25) is 0 Å². The minimum Gasteiger partial charge on any atom is -0.381 e. The lowest BCUT2D eigenvalue weighted by molar-refractivity contribution is 0.0780. The topological polar surface area (TPSA) is 9.23 Å². The van der Waals surface area contributed by atoms with E-state index in [0.717, 1.165) is 60.6 Å². The van der Waals surface area contributed by atoms with Crippen LogP contribution >= 0.6 is 0 Å². The second kappa shape index (κ2) is 32.2. The van der Waals surface area contributed by atoms with E-state index in [0.29, 0.717) is 0 Å². The summed E-state index contributed by atoms with van der Waals surface area (Å²) in [6.07, 6.45) is 13.4. The van der Waals surface area contributed by atoms with Crippen LogP contribution in [0.4, 0.5) is 0 Å². The van der Waals surface area contributed by atoms with Crippen molar-refractivity contribution in [1.29, 1.82) is 0 Å². The predicted molar refractivity (Wildman–Crippen MR) is 176 cm³/mol. The van der Waals surface area contributed by atoms with Gasteiger partial charge < -0.3 is 4.74 Å². The summed E-state index contributed by atoms with van der Waals surface area (Å²) in [5.41, 5.74) is 0. The van der Waals surface area contributed by atoms with E-state index in [4.69, 9.17) is 4.74 Å². The van der Waals surface area contributed by atoms with E-state index in [1.54, 1.807) is 0 Å². The first-order chi connectivity index (χ1) is 17.3. The molecule has 1 heteroatoms. The zero-order valence-electron chi connectivity index (χ0n) is 29.5. The highest BCUT2D eigenvalue weighted by Gasteiger charge is 2.19. The minimum absolute atomic E-state index is 0.721. The fraction of sp³-hybridized carbons (Fsp3) is 1.00. The van der Waals surface area contributed by atoms with Gasteiger partial charge in [0.15, 0.2) is 0 Å². The van der Waals surface area contributed by atoms with Crippen molar-refractivity contribution in [2.24, 2.45) is 47.3 Å². The third-order valence-corrected chi connectivity index (χ3v) is 9.01. The zero-order chi connectivity index (χ0) is 29.8. The molecule has 230 valence electrons. The zero-order valence-corrected chi connectivity index (χ0v) is 29.5. The molecule has 0 aliphatic carbocycles. The first-order valence-corrected chi connectivity index (χ1v) is 16.9. The van der Waals surface area contributed by atoms with Crippen molar-refractivity contribution >= 4 is 0 Å². The van der Waals surface area contributed by atoms with Crippen LogP contribution in [0, 0.1) is 47.3 Å². The maximum absolute atomic E-state index is 5.54. The van der Waals surface area contributed by atoms with Crippen molar-refractivity contribution in [3.8, 4) is 0 Å². The molecule has 0 aliphatic heterocycles. The molecule has 0 saturated carbocycles. The fourth-order valence-electron chi connectivity index (χ4n) is 3.44. The highest BCUT2D eigenvalue weighted by atomic mass is 16.5. The number of ether oxygens (including phenoxy) is 1. The number of unbranched alkanes of at least 4 members (excludes halogenated alkanes) is 2. The molecule has 37 heavy (non-hydrogen) atoms. The number of hydrogen-bond acceptors (Lipinski definition) is 1. The van der Waals surface area contributed by atoms with E-state index >= 15 is 0 Å². The Morgan fingerprint density at radius 3 is 1.11 bits per heavy atom. The molecular weight excluding hydrogens is 448 g/mol. The molecule has 0 heterocycles. The van der Waals surface area contributed by atoms with Crippen LogP contribution in [0.25, 0.3) is 0 Å². The number of hydrogen-bond donors (Lipinski definition) is 0. The van der Waals surface area contributed by atoms with Crippen molar-refractivity contribution in [3.63, 3.8) is 0 Å². The van der Waals surface area contributed by atoms with Gasteiger partial charge in [-0.05, 0) is 47.3 Å². The van der Waals surface area contributed by atoms with Crippen molar-refractivity contribution in [2.75, 3.05) is 13.2 Å². The molecule has 0 aliphatic rings. The Hall–Kier alpha value is -0.0400. The van der Waals surface area contributed by atoms with Crippen molar-refractivity contribution in [2.45, 2.75) is 175 Å². The highest BCUT2D eigenvalue weighted by Crippen LogP contribution is 2.28. The van der Waals surface area contributed by atoms with Gasteiger partial charge in [-0.25, -0.2) is 0 Å². The van der Waals surface area contributed by atoms with Gasteiger partial charge in [-0.2, -0.15) is 0 Å². The molecule has 0 N–H and O–H groups in total. The predicted octanol–water partition coefficient (Wildman–Crippen LogP) is 13.1. The van der Waals surface area contributed by atoms with Gasteiger partial charge in [0.05, 0.1) is 0 Å². The molecule has 0 aromatic rings. The van der Waals surface area contributed by atoms with Crippen LogP contribution in [0.3, 0.4) is 0 Å². The standard InChI is InChI=1S/C11H24.C10H22O.C9H20.C6H14/c1-7-9(4)11(6)10(5)8(2)3;1-5-9(3)7-11-8-10(4)6-2;1-4-6-7-8-9(3)5-2;1-4-6(3)5-2/h8-11H,7H2,1-6H3;9-10H,5-8H2,1-4H3;9H,4-8H2,1-3H3;6H,4-5H2,1-3H3.